The van der Waals surface area contributed by atoms with Crippen molar-refractivity contribution in [3.8, 4) is 0 Å². The Balaban J connectivity index is 1.45. The van der Waals surface area contributed by atoms with Crippen molar-refractivity contribution >= 4 is 31.8 Å². The standard InChI is InChI=1S/C35H38N2O9S2/c1-26-15-19-30(20-16-26)47(40,41)25-28-17-21-31(22-18-28)48(42,43)37-32(14-8-9-23-36)34(38)46-45-33(29-12-6-3-7-13-29)35(39)44-24-27-10-4-2-5-11-27/h2-7,10-13,15-22,32-33,37H,8-9,14,23-25,36H2,1H3/t32-,33?/m0/s1. The number of sulfone groups is 1. The van der Waals surface area contributed by atoms with Crippen LogP contribution >= 0.6 is 0 Å². The average molecular weight is 695 g/mol. The summed E-state index contributed by atoms with van der Waals surface area (Å²) in [7, 11) is -7.95. The molecule has 0 aliphatic heterocycles. The second-order valence-electron chi connectivity index (χ2n) is 11.1. The van der Waals surface area contributed by atoms with Gasteiger partial charge in [-0.25, -0.2) is 26.4 Å². The lowest BCUT2D eigenvalue weighted by molar-refractivity contribution is -0.300. The quantitative estimate of drug-likeness (QED) is 0.0684. The highest BCUT2D eigenvalue weighted by atomic mass is 32.2. The van der Waals surface area contributed by atoms with Crippen molar-refractivity contribution in [2.45, 2.75) is 60.5 Å². The highest BCUT2D eigenvalue weighted by Crippen LogP contribution is 2.22. The maximum atomic E-state index is 13.3. The lowest BCUT2D eigenvalue weighted by atomic mass is 10.1. The molecule has 0 fully saturated rings. The smallest absolute Gasteiger partial charge is 0.360 e. The molecule has 11 nitrogen and oxygen atoms in total. The number of sulfonamides is 1. The van der Waals surface area contributed by atoms with Crippen LogP contribution in [0.25, 0.3) is 0 Å². The van der Waals surface area contributed by atoms with Crippen LogP contribution in [0, 0.1) is 6.92 Å². The van der Waals surface area contributed by atoms with Gasteiger partial charge in [0, 0.05) is 0 Å². The van der Waals surface area contributed by atoms with E-state index in [-0.39, 0.29) is 28.6 Å². The van der Waals surface area contributed by atoms with Crippen LogP contribution in [-0.2, 0) is 56.3 Å². The maximum Gasteiger partial charge on any atom is 0.360 e. The van der Waals surface area contributed by atoms with E-state index in [1.165, 1.54) is 36.4 Å². The normalized spacial score (nSPS) is 13.0. The SMILES string of the molecule is Cc1ccc(S(=O)(=O)Cc2ccc(S(=O)(=O)N[C@@H](CCCCN)C(=O)OOC(C(=O)OCc3ccccc3)c3ccccc3)cc2)cc1. The number of nitrogens with two attached hydrogens (primary N) is 1. The molecule has 0 heterocycles. The first-order valence-electron chi connectivity index (χ1n) is 15.2. The van der Waals surface area contributed by atoms with E-state index in [2.05, 4.69) is 4.72 Å². The number of unbranched alkanes of at least 4 members (excludes halogenated alkanes) is 1. The minimum atomic E-state index is -4.28. The summed E-state index contributed by atoms with van der Waals surface area (Å²) in [5.74, 6) is -2.22. The van der Waals surface area contributed by atoms with Gasteiger partial charge in [0.2, 0.25) is 16.1 Å². The first kappa shape index (κ1) is 36.4. The fourth-order valence-electron chi connectivity index (χ4n) is 4.60. The van der Waals surface area contributed by atoms with Crippen molar-refractivity contribution in [3.63, 3.8) is 0 Å². The molecule has 4 aromatic rings. The molecule has 1 unspecified atom stereocenters. The zero-order chi connectivity index (χ0) is 34.6. The van der Waals surface area contributed by atoms with E-state index in [1.807, 2.05) is 13.0 Å². The number of benzene rings is 4. The molecule has 13 heteroatoms. The first-order valence-corrected chi connectivity index (χ1v) is 18.4. The minimum absolute atomic E-state index is 0.0277. The summed E-state index contributed by atoms with van der Waals surface area (Å²) in [5, 5.41) is 0. The van der Waals surface area contributed by atoms with Crippen LogP contribution in [0.1, 0.15) is 47.6 Å². The van der Waals surface area contributed by atoms with Gasteiger partial charge in [0.05, 0.1) is 15.5 Å². The number of nitrogens with one attached hydrogen (secondary N) is 1. The van der Waals surface area contributed by atoms with Gasteiger partial charge in [0.1, 0.15) is 12.6 Å². The van der Waals surface area contributed by atoms with Crippen molar-refractivity contribution in [2.24, 2.45) is 5.73 Å². The molecule has 2 atom stereocenters. The van der Waals surface area contributed by atoms with Crippen molar-refractivity contribution in [1.82, 2.24) is 4.72 Å². The number of ether oxygens (including phenoxy) is 1. The van der Waals surface area contributed by atoms with E-state index >= 15 is 0 Å². The highest BCUT2D eigenvalue weighted by molar-refractivity contribution is 7.90. The topological polar surface area (TPSA) is 168 Å². The van der Waals surface area contributed by atoms with E-state index in [0.29, 0.717) is 30.5 Å². The zero-order valence-corrected chi connectivity index (χ0v) is 28.0. The Labute approximate surface area is 280 Å². The molecule has 4 aromatic carbocycles. The van der Waals surface area contributed by atoms with Crippen molar-refractivity contribution < 1.29 is 40.9 Å². The third-order valence-corrected chi connectivity index (χ3v) is 10.5. The number of hydrogen-bond acceptors (Lipinski definition) is 10. The largest absolute Gasteiger partial charge is 0.459 e. The second kappa shape index (κ2) is 17.1. The Morgan fingerprint density at radius 3 is 1.96 bits per heavy atom. The van der Waals surface area contributed by atoms with Gasteiger partial charge in [0.15, 0.2) is 9.84 Å². The van der Waals surface area contributed by atoms with Crippen LogP contribution in [0.5, 0.6) is 0 Å². The third kappa shape index (κ3) is 10.6. The molecule has 0 saturated heterocycles. The second-order valence-corrected chi connectivity index (χ2v) is 14.8. The van der Waals surface area contributed by atoms with Crippen LogP contribution in [0.2, 0.25) is 0 Å². The Kier molecular flexibility index (Phi) is 13.0. The van der Waals surface area contributed by atoms with Crippen LogP contribution in [0.15, 0.2) is 119 Å². The number of esters is 1. The molecule has 0 amide bonds. The average Bonchev–Trinajstić information content (AvgIpc) is 3.08. The molecule has 0 bridgehead atoms. The van der Waals surface area contributed by atoms with Crippen LogP contribution in [0.3, 0.4) is 0 Å². The Bertz CT molecular complexity index is 1850. The number of hydrogen-bond donors (Lipinski definition) is 2. The lowest BCUT2D eigenvalue weighted by Gasteiger charge is -2.20. The monoisotopic (exact) mass is 694 g/mol. The summed E-state index contributed by atoms with van der Waals surface area (Å²) in [6.07, 6.45) is -0.519. The summed E-state index contributed by atoms with van der Waals surface area (Å²) in [6.45, 7) is 2.13. The Morgan fingerprint density at radius 2 is 1.33 bits per heavy atom. The predicted molar refractivity (Wildman–Crippen MR) is 178 cm³/mol. The summed E-state index contributed by atoms with van der Waals surface area (Å²) >= 11 is 0. The van der Waals surface area contributed by atoms with Gasteiger partial charge in [-0.2, -0.15) is 9.61 Å². The van der Waals surface area contributed by atoms with Crippen LogP contribution < -0.4 is 10.5 Å². The molecule has 0 aromatic heterocycles. The summed E-state index contributed by atoms with van der Waals surface area (Å²) in [5.41, 5.74) is 8.00. The molecule has 0 radical (unpaired) electrons. The number of rotatable bonds is 17. The molecule has 0 spiro atoms. The van der Waals surface area contributed by atoms with Gasteiger partial charge >= 0.3 is 11.9 Å². The molecule has 48 heavy (non-hydrogen) atoms. The van der Waals surface area contributed by atoms with Gasteiger partial charge < -0.3 is 10.5 Å². The molecule has 0 aliphatic carbocycles. The highest BCUT2D eigenvalue weighted by Gasteiger charge is 2.31. The van der Waals surface area contributed by atoms with Gasteiger partial charge in [-0.1, -0.05) is 96.9 Å². The lowest BCUT2D eigenvalue weighted by Crippen LogP contribution is -2.42. The fourth-order valence-corrected chi connectivity index (χ4v) is 7.17. The Morgan fingerprint density at radius 1 is 0.729 bits per heavy atom. The summed E-state index contributed by atoms with van der Waals surface area (Å²) in [6, 6.07) is 27.6. The number of aryl methyl sites for hydroxylation is 1. The van der Waals surface area contributed by atoms with Crippen molar-refractivity contribution in [1.29, 1.82) is 0 Å². The Hall–Kier alpha value is -4.40. The maximum absolute atomic E-state index is 13.3. The van der Waals surface area contributed by atoms with Gasteiger partial charge in [-0.05, 0) is 67.3 Å². The fraction of sp³-hybridized carbons (Fsp3) is 0.257. The van der Waals surface area contributed by atoms with E-state index in [0.717, 1.165) is 11.1 Å². The van der Waals surface area contributed by atoms with E-state index < -0.39 is 43.9 Å². The van der Waals surface area contributed by atoms with Gasteiger partial charge in [-0.3, -0.25) is 4.89 Å². The molecule has 4 rings (SSSR count). The number of carbonyl (C=O) groups is 2. The third-order valence-electron chi connectivity index (χ3n) is 7.27. The molecular formula is C35H38N2O9S2. The van der Waals surface area contributed by atoms with Crippen molar-refractivity contribution in [3.05, 3.63) is 131 Å². The molecule has 0 aliphatic rings. The van der Waals surface area contributed by atoms with E-state index in [9.17, 15) is 26.4 Å². The first-order chi connectivity index (χ1) is 23.0. The predicted octanol–water partition coefficient (Wildman–Crippen LogP) is 4.70. The van der Waals surface area contributed by atoms with E-state index in [1.54, 1.807) is 66.7 Å². The van der Waals surface area contributed by atoms with Gasteiger partial charge in [0.25, 0.3) is 0 Å². The summed E-state index contributed by atoms with van der Waals surface area (Å²) in [4.78, 5) is 36.6. The number of carbonyl (C=O) groups excluding carboxylic acids is 2. The van der Waals surface area contributed by atoms with Gasteiger partial charge in [-0.15, -0.1) is 0 Å². The van der Waals surface area contributed by atoms with Crippen LogP contribution in [0.4, 0.5) is 0 Å². The summed E-state index contributed by atoms with van der Waals surface area (Å²) < 4.78 is 60.1. The van der Waals surface area contributed by atoms with E-state index in [4.69, 9.17) is 20.2 Å². The van der Waals surface area contributed by atoms with Crippen molar-refractivity contribution in [2.75, 3.05) is 6.54 Å². The van der Waals surface area contributed by atoms with Crippen LogP contribution in [-0.4, -0.2) is 41.4 Å². The molecule has 3 N–H and O–H groups in total. The molecular weight excluding hydrogens is 657 g/mol. The molecule has 0 saturated carbocycles. The zero-order valence-electron chi connectivity index (χ0n) is 26.4. The molecule has 254 valence electrons. The minimum Gasteiger partial charge on any atom is -0.459 e.